The molecule has 0 spiro atoms. The molecule has 0 aliphatic heterocycles. The number of esters is 1. The Labute approximate surface area is 112 Å². The Hall–Kier alpha value is -1.88. The molecule has 1 aromatic rings. The van der Waals surface area contributed by atoms with Gasteiger partial charge in [-0.3, -0.25) is 9.59 Å². The molecule has 1 aromatic carbocycles. The summed E-state index contributed by atoms with van der Waals surface area (Å²) in [7, 11) is 1.25. The summed E-state index contributed by atoms with van der Waals surface area (Å²) >= 11 is 0. The van der Waals surface area contributed by atoms with E-state index in [-0.39, 0.29) is 18.9 Å². The van der Waals surface area contributed by atoms with Gasteiger partial charge >= 0.3 is 5.97 Å². The van der Waals surface area contributed by atoms with E-state index in [2.05, 4.69) is 10.1 Å². The average Bonchev–Trinajstić information content (AvgIpc) is 2.39. The summed E-state index contributed by atoms with van der Waals surface area (Å²) in [4.78, 5) is 23.1. The first-order valence-corrected chi connectivity index (χ1v) is 6.11. The molecule has 5 heteroatoms. The normalized spacial score (nSPS) is 13.4. The van der Waals surface area contributed by atoms with Crippen LogP contribution in [0.1, 0.15) is 12.5 Å². The quantitative estimate of drug-likeness (QED) is 0.735. The molecule has 0 saturated heterocycles. The second kappa shape index (κ2) is 7.53. The van der Waals surface area contributed by atoms with E-state index in [0.29, 0.717) is 0 Å². The summed E-state index contributed by atoms with van der Waals surface area (Å²) in [6.07, 6.45) is -0.626. The minimum atomic E-state index is -0.871. The summed E-state index contributed by atoms with van der Waals surface area (Å²) in [6, 6.07) is 9.30. The number of hydrogen-bond donors (Lipinski definition) is 2. The van der Waals surface area contributed by atoms with E-state index in [4.69, 9.17) is 0 Å². The number of benzene rings is 1. The standard InChI is InChI=1S/C14H19NO4/c1-10(16)12(14(18)19-2)9-15-13(17)8-11-6-4-3-5-7-11/h3-7,10,12,16H,8-9H2,1-2H3,(H,15,17)/t10-,12-/m1/s1. The number of methoxy groups -OCH3 is 1. The van der Waals surface area contributed by atoms with E-state index >= 15 is 0 Å². The maximum Gasteiger partial charge on any atom is 0.313 e. The third-order valence-corrected chi connectivity index (χ3v) is 2.81. The van der Waals surface area contributed by atoms with E-state index < -0.39 is 18.0 Å². The lowest BCUT2D eigenvalue weighted by atomic mass is 10.0. The first-order valence-electron chi connectivity index (χ1n) is 6.11. The van der Waals surface area contributed by atoms with Crippen LogP contribution in [-0.4, -0.2) is 36.7 Å². The number of amides is 1. The maximum atomic E-state index is 11.7. The van der Waals surface area contributed by atoms with E-state index in [9.17, 15) is 14.7 Å². The molecule has 1 amide bonds. The summed E-state index contributed by atoms with van der Waals surface area (Å²) in [5.41, 5.74) is 0.895. The first kappa shape index (κ1) is 15.2. The van der Waals surface area contributed by atoms with Crippen LogP contribution in [0, 0.1) is 5.92 Å². The van der Waals surface area contributed by atoms with Gasteiger partial charge in [0, 0.05) is 6.54 Å². The molecule has 5 nitrogen and oxygen atoms in total. The average molecular weight is 265 g/mol. The summed E-state index contributed by atoms with van der Waals surface area (Å²) < 4.78 is 4.57. The Morgan fingerprint density at radius 2 is 1.95 bits per heavy atom. The highest BCUT2D eigenvalue weighted by atomic mass is 16.5. The van der Waals surface area contributed by atoms with Gasteiger partial charge in [-0.05, 0) is 12.5 Å². The molecule has 2 atom stereocenters. The number of aliphatic hydroxyl groups excluding tert-OH is 1. The predicted octanol–water partition coefficient (Wildman–Crippen LogP) is 0.515. The molecule has 0 aliphatic rings. The van der Waals surface area contributed by atoms with Crippen LogP contribution in [0.25, 0.3) is 0 Å². The summed E-state index contributed by atoms with van der Waals surface area (Å²) in [5.74, 6) is -1.47. The SMILES string of the molecule is COC(=O)[C@H](CNC(=O)Cc1ccccc1)[C@@H](C)O. The van der Waals surface area contributed by atoms with Crippen LogP contribution in [0.15, 0.2) is 30.3 Å². The van der Waals surface area contributed by atoms with E-state index in [1.54, 1.807) is 0 Å². The van der Waals surface area contributed by atoms with Crippen LogP contribution in [0.5, 0.6) is 0 Å². The Morgan fingerprint density at radius 1 is 1.32 bits per heavy atom. The minimum absolute atomic E-state index is 0.0655. The Morgan fingerprint density at radius 3 is 2.47 bits per heavy atom. The highest BCUT2D eigenvalue weighted by Gasteiger charge is 2.24. The lowest BCUT2D eigenvalue weighted by molar-refractivity contribution is -0.148. The van der Waals surface area contributed by atoms with Crippen molar-refractivity contribution < 1.29 is 19.4 Å². The van der Waals surface area contributed by atoms with Crippen LogP contribution in [0.3, 0.4) is 0 Å². The fourth-order valence-electron chi connectivity index (χ4n) is 1.67. The van der Waals surface area contributed by atoms with Gasteiger partial charge in [0.05, 0.1) is 25.6 Å². The van der Waals surface area contributed by atoms with Crippen molar-refractivity contribution in [3.63, 3.8) is 0 Å². The fraction of sp³-hybridized carbons (Fsp3) is 0.429. The van der Waals surface area contributed by atoms with Crippen molar-refractivity contribution in [2.24, 2.45) is 5.92 Å². The third kappa shape index (κ3) is 5.09. The van der Waals surface area contributed by atoms with Crippen LogP contribution in [0.4, 0.5) is 0 Å². The van der Waals surface area contributed by atoms with Gasteiger partial charge in [-0.15, -0.1) is 0 Å². The second-order valence-corrected chi connectivity index (χ2v) is 4.34. The first-order chi connectivity index (χ1) is 9.04. The fourth-order valence-corrected chi connectivity index (χ4v) is 1.67. The van der Waals surface area contributed by atoms with Gasteiger partial charge < -0.3 is 15.2 Å². The van der Waals surface area contributed by atoms with Gasteiger partial charge in [0.25, 0.3) is 0 Å². The van der Waals surface area contributed by atoms with E-state index in [1.807, 2.05) is 30.3 Å². The van der Waals surface area contributed by atoms with Gasteiger partial charge in [-0.25, -0.2) is 0 Å². The van der Waals surface area contributed by atoms with Crippen LogP contribution < -0.4 is 5.32 Å². The maximum absolute atomic E-state index is 11.7. The number of rotatable bonds is 6. The predicted molar refractivity (Wildman–Crippen MR) is 70.3 cm³/mol. The number of nitrogens with one attached hydrogen (secondary N) is 1. The highest BCUT2D eigenvalue weighted by molar-refractivity contribution is 5.80. The van der Waals surface area contributed by atoms with Gasteiger partial charge in [-0.2, -0.15) is 0 Å². The zero-order chi connectivity index (χ0) is 14.3. The smallest absolute Gasteiger partial charge is 0.313 e. The lowest BCUT2D eigenvalue weighted by Crippen LogP contribution is -2.39. The zero-order valence-corrected chi connectivity index (χ0v) is 11.1. The molecule has 0 heterocycles. The molecular weight excluding hydrogens is 246 g/mol. The number of hydrogen-bond acceptors (Lipinski definition) is 4. The largest absolute Gasteiger partial charge is 0.469 e. The van der Waals surface area contributed by atoms with Crippen molar-refractivity contribution in [1.82, 2.24) is 5.32 Å². The highest BCUT2D eigenvalue weighted by Crippen LogP contribution is 2.05. The van der Waals surface area contributed by atoms with Crippen molar-refractivity contribution in [2.75, 3.05) is 13.7 Å². The molecule has 104 valence electrons. The van der Waals surface area contributed by atoms with Crippen LogP contribution in [0.2, 0.25) is 0 Å². The molecule has 1 rings (SSSR count). The number of carbonyl (C=O) groups excluding carboxylic acids is 2. The van der Waals surface area contributed by atoms with Crippen molar-refractivity contribution in [1.29, 1.82) is 0 Å². The molecule has 0 fully saturated rings. The molecule has 0 radical (unpaired) electrons. The Balaban J connectivity index is 2.46. The zero-order valence-electron chi connectivity index (χ0n) is 11.1. The van der Waals surface area contributed by atoms with Gasteiger partial charge in [-0.1, -0.05) is 30.3 Å². The van der Waals surface area contributed by atoms with Crippen LogP contribution >= 0.6 is 0 Å². The second-order valence-electron chi connectivity index (χ2n) is 4.34. The summed E-state index contributed by atoms with van der Waals surface area (Å²) in [6.45, 7) is 1.56. The molecule has 0 aliphatic carbocycles. The number of ether oxygens (including phenoxy) is 1. The molecule has 19 heavy (non-hydrogen) atoms. The van der Waals surface area contributed by atoms with Gasteiger partial charge in [0.15, 0.2) is 0 Å². The van der Waals surface area contributed by atoms with Gasteiger partial charge in [0.1, 0.15) is 0 Å². The van der Waals surface area contributed by atoms with Crippen LogP contribution in [-0.2, 0) is 20.7 Å². The van der Waals surface area contributed by atoms with E-state index in [0.717, 1.165) is 5.56 Å². The Kier molecular flexibility index (Phi) is 6.02. The third-order valence-electron chi connectivity index (χ3n) is 2.81. The molecule has 0 aromatic heterocycles. The van der Waals surface area contributed by atoms with E-state index in [1.165, 1.54) is 14.0 Å². The molecule has 0 bridgehead atoms. The molecule has 2 N–H and O–H groups in total. The van der Waals surface area contributed by atoms with Crippen molar-refractivity contribution in [3.05, 3.63) is 35.9 Å². The summed E-state index contributed by atoms with van der Waals surface area (Å²) in [5, 5.41) is 12.1. The number of aliphatic hydroxyl groups is 1. The van der Waals surface area contributed by atoms with Gasteiger partial charge in [0.2, 0.25) is 5.91 Å². The van der Waals surface area contributed by atoms with Crippen molar-refractivity contribution in [2.45, 2.75) is 19.4 Å². The number of carbonyl (C=O) groups is 2. The van der Waals surface area contributed by atoms with Crippen molar-refractivity contribution >= 4 is 11.9 Å². The Bertz CT molecular complexity index is 417. The molecular formula is C14H19NO4. The minimum Gasteiger partial charge on any atom is -0.469 e. The lowest BCUT2D eigenvalue weighted by Gasteiger charge is -2.17. The topological polar surface area (TPSA) is 75.6 Å². The molecule has 0 saturated carbocycles. The monoisotopic (exact) mass is 265 g/mol. The van der Waals surface area contributed by atoms with Crippen molar-refractivity contribution in [3.8, 4) is 0 Å². The molecule has 0 unspecified atom stereocenters.